The van der Waals surface area contributed by atoms with Crippen molar-refractivity contribution in [2.75, 3.05) is 44.8 Å². The van der Waals surface area contributed by atoms with Crippen LogP contribution < -0.4 is 10.1 Å². The van der Waals surface area contributed by atoms with E-state index in [1.807, 2.05) is 30.3 Å². The molecule has 4 nitrogen and oxygen atoms in total. The molecule has 2 heterocycles. The van der Waals surface area contributed by atoms with Crippen molar-refractivity contribution < 1.29 is 9.47 Å². The summed E-state index contributed by atoms with van der Waals surface area (Å²) in [6, 6.07) is 14.8. The number of likely N-dealkylation sites (tertiary alicyclic amines) is 1. The van der Waals surface area contributed by atoms with Crippen LogP contribution in [-0.4, -0.2) is 49.9 Å². The zero-order chi connectivity index (χ0) is 26.1. The zero-order valence-corrected chi connectivity index (χ0v) is 23.9. The van der Waals surface area contributed by atoms with Crippen LogP contribution in [0.5, 0.6) is 5.75 Å². The van der Waals surface area contributed by atoms with Gasteiger partial charge in [-0.15, -0.1) is 0 Å². The molecular weight excluding hydrogens is 456 g/mol. The Morgan fingerprint density at radius 1 is 0.838 bits per heavy atom. The molecule has 1 fully saturated rings. The number of para-hydroxylation sites is 1. The Morgan fingerprint density at radius 2 is 1.51 bits per heavy atom. The summed E-state index contributed by atoms with van der Waals surface area (Å²) < 4.78 is 11.6. The quantitative estimate of drug-likeness (QED) is 0.283. The molecule has 2 aromatic rings. The number of ether oxygens (including phenoxy) is 2. The van der Waals surface area contributed by atoms with Crippen molar-refractivity contribution in [2.24, 2.45) is 0 Å². The van der Waals surface area contributed by atoms with Crippen LogP contribution in [0.3, 0.4) is 0 Å². The molecule has 0 aromatic heterocycles. The van der Waals surface area contributed by atoms with Crippen LogP contribution in [-0.2, 0) is 10.2 Å². The van der Waals surface area contributed by atoms with E-state index in [4.69, 9.17) is 9.47 Å². The number of piperidine rings is 1. The average Bonchev–Trinajstić information content (AvgIpc) is 2.87. The number of nitrogens with zero attached hydrogens (tertiary/aromatic N) is 1. The molecule has 0 radical (unpaired) electrons. The topological polar surface area (TPSA) is 33.7 Å². The number of hydrogen-bond donors (Lipinski definition) is 1. The van der Waals surface area contributed by atoms with Crippen molar-refractivity contribution in [3.8, 4) is 5.75 Å². The Bertz CT molecular complexity index is 964. The van der Waals surface area contributed by atoms with E-state index in [0.717, 1.165) is 38.4 Å². The number of fused-ring (bicyclic) bond motifs is 1. The minimum Gasteiger partial charge on any atom is -0.494 e. The Hall–Kier alpha value is -2.04. The number of rotatable bonds is 13. The van der Waals surface area contributed by atoms with E-state index in [-0.39, 0.29) is 11.0 Å². The molecule has 4 rings (SSSR count). The van der Waals surface area contributed by atoms with Gasteiger partial charge in [-0.2, -0.15) is 0 Å². The lowest BCUT2D eigenvalue weighted by Gasteiger charge is -2.51. The largest absolute Gasteiger partial charge is 0.494 e. The van der Waals surface area contributed by atoms with E-state index in [1.54, 1.807) is 0 Å². The van der Waals surface area contributed by atoms with Crippen LogP contribution in [0.2, 0.25) is 0 Å². The molecule has 2 aliphatic heterocycles. The second kappa shape index (κ2) is 13.2. The van der Waals surface area contributed by atoms with Gasteiger partial charge in [-0.25, -0.2) is 0 Å². The van der Waals surface area contributed by atoms with Crippen LogP contribution in [0.4, 0.5) is 5.69 Å². The molecule has 0 amide bonds. The van der Waals surface area contributed by atoms with Crippen molar-refractivity contribution >= 4 is 5.69 Å². The summed E-state index contributed by atoms with van der Waals surface area (Å²) in [5.74, 6) is 0.956. The predicted molar refractivity (Wildman–Crippen MR) is 156 cm³/mol. The number of aryl methyl sites for hydroxylation is 2. The summed E-state index contributed by atoms with van der Waals surface area (Å²) in [4.78, 5) is 2.70. The van der Waals surface area contributed by atoms with Crippen molar-refractivity contribution in [3.05, 3.63) is 59.2 Å². The third-order valence-corrected chi connectivity index (χ3v) is 8.40. The van der Waals surface area contributed by atoms with Crippen molar-refractivity contribution in [1.29, 1.82) is 0 Å². The first-order valence-corrected chi connectivity index (χ1v) is 14.7. The van der Waals surface area contributed by atoms with Gasteiger partial charge in [0.15, 0.2) is 0 Å². The Kier molecular flexibility index (Phi) is 9.95. The van der Waals surface area contributed by atoms with Crippen LogP contribution in [0.15, 0.2) is 42.5 Å². The van der Waals surface area contributed by atoms with Gasteiger partial charge in [0.2, 0.25) is 0 Å². The van der Waals surface area contributed by atoms with Gasteiger partial charge in [0, 0.05) is 37.5 Å². The van der Waals surface area contributed by atoms with Crippen LogP contribution in [0, 0.1) is 13.8 Å². The molecule has 0 bridgehead atoms. The minimum atomic E-state index is 0.234. The third kappa shape index (κ3) is 7.97. The molecule has 0 atom stereocenters. The Labute approximate surface area is 226 Å². The van der Waals surface area contributed by atoms with Crippen LogP contribution >= 0.6 is 0 Å². The molecular formula is C33H50N2O2. The van der Waals surface area contributed by atoms with Gasteiger partial charge < -0.3 is 19.7 Å². The van der Waals surface area contributed by atoms with Gasteiger partial charge in [-0.3, -0.25) is 0 Å². The molecule has 0 unspecified atom stereocenters. The molecule has 204 valence electrons. The molecule has 1 saturated heterocycles. The van der Waals surface area contributed by atoms with E-state index in [0.29, 0.717) is 0 Å². The summed E-state index contributed by atoms with van der Waals surface area (Å²) in [5, 5.41) is 4.06. The summed E-state index contributed by atoms with van der Waals surface area (Å²) >= 11 is 0. The van der Waals surface area contributed by atoms with Gasteiger partial charge in [0.25, 0.3) is 0 Å². The molecule has 37 heavy (non-hydrogen) atoms. The van der Waals surface area contributed by atoms with E-state index in [2.05, 4.69) is 50.0 Å². The molecule has 1 N–H and O–H groups in total. The van der Waals surface area contributed by atoms with Crippen molar-refractivity contribution in [2.45, 2.75) is 96.4 Å². The van der Waals surface area contributed by atoms with E-state index < -0.39 is 0 Å². The molecule has 2 aliphatic rings. The summed E-state index contributed by atoms with van der Waals surface area (Å²) in [5.41, 5.74) is 6.21. The Morgan fingerprint density at radius 3 is 2.27 bits per heavy atom. The Balaban J connectivity index is 1.04. The molecule has 0 saturated carbocycles. The van der Waals surface area contributed by atoms with E-state index in [1.165, 1.54) is 87.0 Å². The highest BCUT2D eigenvalue weighted by atomic mass is 16.5. The van der Waals surface area contributed by atoms with Crippen LogP contribution in [0.1, 0.15) is 88.3 Å². The first kappa shape index (κ1) is 28.0. The lowest BCUT2D eigenvalue weighted by molar-refractivity contribution is 0.121. The van der Waals surface area contributed by atoms with Crippen LogP contribution in [0.25, 0.3) is 0 Å². The maximum Gasteiger partial charge on any atom is 0.119 e. The van der Waals surface area contributed by atoms with E-state index in [9.17, 15) is 0 Å². The van der Waals surface area contributed by atoms with Gasteiger partial charge in [0.05, 0.1) is 6.61 Å². The number of nitrogens with one attached hydrogen (secondary N) is 1. The third-order valence-electron chi connectivity index (χ3n) is 8.40. The molecule has 1 spiro atoms. The normalized spacial score (nSPS) is 18.4. The highest BCUT2D eigenvalue weighted by Crippen LogP contribution is 2.48. The number of anilines is 1. The van der Waals surface area contributed by atoms with Crippen molar-refractivity contribution in [3.63, 3.8) is 0 Å². The van der Waals surface area contributed by atoms with Gasteiger partial charge in [-0.1, -0.05) is 62.6 Å². The SMILES string of the molecule is Cc1cc(C)c2c(c1)C(C)(C)CC1(CCN(CCCCCCOCCCCOc3ccccc3)CC1)N2. The summed E-state index contributed by atoms with van der Waals surface area (Å²) in [6.45, 7) is 15.6. The first-order valence-electron chi connectivity index (χ1n) is 14.7. The maximum absolute atomic E-state index is 5.83. The molecule has 4 heteroatoms. The van der Waals surface area contributed by atoms with E-state index >= 15 is 0 Å². The molecule has 2 aromatic carbocycles. The summed E-state index contributed by atoms with van der Waals surface area (Å²) in [7, 11) is 0. The number of benzene rings is 2. The fourth-order valence-corrected chi connectivity index (χ4v) is 6.43. The first-order chi connectivity index (χ1) is 17.9. The fourth-order valence-electron chi connectivity index (χ4n) is 6.43. The minimum absolute atomic E-state index is 0.234. The smallest absolute Gasteiger partial charge is 0.119 e. The zero-order valence-electron chi connectivity index (χ0n) is 23.9. The fraction of sp³-hybridized carbons (Fsp3) is 0.636. The highest BCUT2D eigenvalue weighted by molar-refractivity contribution is 5.65. The van der Waals surface area contributed by atoms with Gasteiger partial charge >= 0.3 is 0 Å². The van der Waals surface area contributed by atoms with Crippen molar-refractivity contribution in [1.82, 2.24) is 4.90 Å². The summed E-state index contributed by atoms with van der Waals surface area (Å²) in [6.07, 6.45) is 11.0. The van der Waals surface area contributed by atoms with Gasteiger partial charge in [0.1, 0.15) is 5.75 Å². The lowest BCUT2D eigenvalue weighted by Crippen LogP contribution is -2.54. The number of unbranched alkanes of at least 4 members (excludes halogenated alkanes) is 4. The van der Waals surface area contributed by atoms with Gasteiger partial charge in [-0.05, 0) is 94.0 Å². The highest BCUT2D eigenvalue weighted by Gasteiger charge is 2.44. The second-order valence-corrected chi connectivity index (χ2v) is 12.2. The molecule has 0 aliphatic carbocycles. The second-order valence-electron chi connectivity index (χ2n) is 12.2. The lowest BCUT2D eigenvalue weighted by atomic mass is 9.66. The standard InChI is InChI=1S/C33H50N2O2/c1-27-24-28(2)31-30(25-27)32(3,4)26-33(34-31)16-19-35(20-17-33)18-10-5-6-11-21-36-22-12-13-23-37-29-14-8-7-9-15-29/h7-9,14-15,24-25,34H,5-6,10-13,16-23,26H2,1-4H3. The monoisotopic (exact) mass is 506 g/mol. The predicted octanol–water partition coefficient (Wildman–Crippen LogP) is 7.67. The average molecular weight is 507 g/mol. The maximum atomic E-state index is 5.83. The number of hydrogen-bond acceptors (Lipinski definition) is 4.